The van der Waals surface area contributed by atoms with Gasteiger partial charge in [0, 0.05) is 6.08 Å². The van der Waals surface area contributed by atoms with Gasteiger partial charge in [-0.2, -0.15) is 0 Å². The summed E-state index contributed by atoms with van der Waals surface area (Å²) in [6, 6.07) is 5.72. The van der Waals surface area contributed by atoms with E-state index in [1.165, 1.54) is 44.6 Å². The molecular formula is C18H16FNO5S. The Morgan fingerprint density at radius 3 is 2.46 bits per heavy atom. The molecule has 0 saturated heterocycles. The highest BCUT2D eigenvalue weighted by Gasteiger charge is 2.26. The minimum atomic E-state index is -0.682. The van der Waals surface area contributed by atoms with E-state index in [4.69, 9.17) is 4.74 Å². The van der Waals surface area contributed by atoms with Crippen molar-refractivity contribution in [2.45, 2.75) is 6.92 Å². The number of nitrogens with one attached hydrogen (secondary N) is 1. The lowest BCUT2D eigenvalue weighted by Gasteiger charge is -2.04. The van der Waals surface area contributed by atoms with Crippen LogP contribution in [0.25, 0.3) is 6.08 Å². The van der Waals surface area contributed by atoms with E-state index in [-0.39, 0.29) is 15.4 Å². The molecule has 2 aromatic rings. The molecule has 0 bridgehead atoms. The van der Waals surface area contributed by atoms with Gasteiger partial charge in [0.05, 0.1) is 19.8 Å². The Morgan fingerprint density at radius 1 is 1.15 bits per heavy atom. The number of amides is 1. The fourth-order valence-electron chi connectivity index (χ4n) is 2.17. The van der Waals surface area contributed by atoms with Gasteiger partial charge in [-0.3, -0.25) is 4.79 Å². The molecule has 0 aliphatic heterocycles. The van der Waals surface area contributed by atoms with Crippen molar-refractivity contribution in [3.05, 3.63) is 57.7 Å². The third kappa shape index (κ3) is 4.34. The fraction of sp³-hybridized carbons (Fsp3) is 0.167. The molecule has 0 spiro atoms. The first-order valence-electron chi connectivity index (χ1n) is 7.42. The number of hydrogen-bond acceptors (Lipinski definition) is 6. The lowest BCUT2D eigenvalue weighted by molar-refractivity contribution is -0.111. The van der Waals surface area contributed by atoms with Crippen molar-refractivity contribution in [3.63, 3.8) is 0 Å². The second-order valence-corrected chi connectivity index (χ2v) is 6.14. The summed E-state index contributed by atoms with van der Waals surface area (Å²) < 4.78 is 22.5. The number of thiophene rings is 1. The molecule has 0 atom stereocenters. The quantitative estimate of drug-likeness (QED) is 0.638. The number of halogens is 1. The topological polar surface area (TPSA) is 81.7 Å². The highest BCUT2D eigenvalue weighted by Crippen LogP contribution is 2.34. The summed E-state index contributed by atoms with van der Waals surface area (Å²) in [5, 5.41) is 2.71. The van der Waals surface area contributed by atoms with Gasteiger partial charge in [0.15, 0.2) is 0 Å². The summed E-state index contributed by atoms with van der Waals surface area (Å²) in [5.41, 5.74) is 0.953. The van der Waals surface area contributed by atoms with Gasteiger partial charge in [-0.25, -0.2) is 14.0 Å². The summed E-state index contributed by atoms with van der Waals surface area (Å²) in [6.07, 6.45) is 2.63. The van der Waals surface area contributed by atoms with E-state index in [1.54, 1.807) is 13.0 Å². The van der Waals surface area contributed by atoms with Crippen LogP contribution >= 0.6 is 11.3 Å². The molecule has 6 nitrogen and oxygen atoms in total. The van der Waals surface area contributed by atoms with Crippen molar-refractivity contribution < 1.29 is 28.2 Å². The smallest absolute Gasteiger partial charge is 0.348 e. The van der Waals surface area contributed by atoms with Gasteiger partial charge in [0.1, 0.15) is 15.7 Å². The standard InChI is InChI=1S/C18H16FNO5S/c1-10-14(17(22)24-2)16(26-15(10)18(23)25-3)20-13(21)8-7-11-5-4-6-12(19)9-11/h4-9H,1-3H3,(H,20,21)/b8-7+. The summed E-state index contributed by atoms with van der Waals surface area (Å²) >= 11 is 0.914. The maximum atomic E-state index is 13.1. The summed E-state index contributed by atoms with van der Waals surface area (Å²) in [6.45, 7) is 1.56. The van der Waals surface area contributed by atoms with E-state index in [2.05, 4.69) is 10.1 Å². The highest BCUT2D eigenvalue weighted by molar-refractivity contribution is 7.18. The fourth-order valence-corrected chi connectivity index (χ4v) is 3.29. The maximum Gasteiger partial charge on any atom is 0.348 e. The maximum absolute atomic E-state index is 13.1. The zero-order chi connectivity index (χ0) is 19.3. The van der Waals surface area contributed by atoms with E-state index in [9.17, 15) is 18.8 Å². The van der Waals surface area contributed by atoms with E-state index < -0.39 is 23.7 Å². The molecule has 8 heteroatoms. The molecule has 0 saturated carbocycles. The zero-order valence-corrected chi connectivity index (χ0v) is 15.1. The molecule has 1 aromatic carbocycles. The number of carbonyl (C=O) groups excluding carboxylic acids is 3. The minimum absolute atomic E-state index is 0.0883. The third-order valence-electron chi connectivity index (χ3n) is 3.42. The molecule has 0 aliphatic carbocycles. The predicted molar refractivity (Wildman–Crippen MR) is 95.8 cm³/mol. The number of methoxy groups -OCH3 is 2. The number of ether oxygens (including phenoxy) is 2. The SMILES string of the molecule is COC(=O)c1sc(NC(=O)/C=C/c2cccc(F)c2)c(C(=O)OC)c1C. The van der Waals surface area contributed by atoms with Crippen LogP contribution in [0.5, 0.6) is 0 Å². The van der Waals surface area contributed by atoms with Crippen LogP contribution in [0.15, 0.2) is 30.3 Å². The number of esters is 2. The van der Waals surface area contributed by atoms with Crippen molar-refractivity contribution in [2.24, 2.45) is 0 Å². The van der Waals surface area contributed by atoms with Crippen LogP contribution in [0.2, 0.25) is 0 Å². The average molecular weight is 377 g/mol. The van der Waals surface area contributed by atoms with Gasteiger partial charge in [-0.05, 0) is 36.3 Å². The van der Waals surface area contributed by atoms with Gasteiger partial charge in [-0.15, -0.1) is 11.3 Å². The molecule has 0 radical (unpaired) electrons. The lowest BCUT2D eigenvalue weighted by Crippen LogP contribution is -2.11. The van der Waals surface area contributed by atoms with Crippen molar-refractivity contribution >= 4 is 40.3 Å². The second kappa shape index (κ2) is 8.39. The molecule has 26 heavy (non-hydrogen) atoms. The summed E-state index contributed by atoms with van der Waals surface area (Å²) in [7, 11) is 2.42. The van der Waals surface area contributed by atoms with Gasteiger partial charge in [-0.1, -0.05) is 12.1 Å². The predicted octanol–water partition coefficient (Wildman–Crippen LogP) is 3.42. The van der Waals surface area contributed by atoms with Crippen LogP contribution < -0.4 is 5.32 Å². The first-order chi connectivity index (χ1) is 12.4. The van der Waals surface area contributed by atoms with Crippen molar-refractivity contribution in [1.82, 2.24) is 0 Å². The number of rotatable bonds is 5. The Labute approximate surface area is 153 Å². The Kier molecular flexibility index (Phi) is 6.24. The molecule has 0 aliphatic rings. The van der Waals surface area contributed by atoms with Crippen molar-refractivity contribution in [2.75, 3.05) is 19.5 Å². The van der Waals surface area contributed by atoms with Gasteiger partial charge in [0.25, 0.3) is 0 Å². The molecule has 2 rings (SSSR count). The largest absolute Gasteiger partial charge is 0.465 e. The molecule has 1 amide bonds. The van der Waals surface area contributed by atoms with Gasteiger partial charge >= 0.3 is 11.9 Å². The molecule has 136 valence electrons. The number of hydrogen-bond donors (Lipinski definition) is 1. The molecule has 1 N–H and O–H groups in total. The van der Waals surface area contributed by atoms with E-state index in [0.717, 1.165) is 11.3 Å². The molecular weight excluding hydrogens is 361 g/mol. The van der Waals surface area contributed by atoms with Crippen LogP contribution in [0.3, 0.4) is 0 Å². The number of benzene rings is 1. The van der Waals surface area contributed by atoms with Crippen LogP contribution in [0, 0.1) is 12.7 Å². The Morgan fingerprint density at radius 2 is 1.85 bits per heavy atom. The van der Waals surface area contributed by atoms with E-state index in [0.29, 0.717) is 11.1 Å². The summed E-state index contributed by atoms with van der Waals surface area (Å²) in [4.78, 5) is 36.1. The first kappa shape index (κ1) is 19.3. The normalized spacial score (nSPS) is 10.6. The number of carbonyl (C=O) groups is 3. The second-order valence-electron chi connectivity index (χ2n) is 5.12. The Hall–Kier alpha value is -3.00. The monoisotopic (exact) mass is 377 g/mol. The molecule has 0 fully saturated rings. The van der Waals surface area contributed by atoms with Crippen LogP contribution in [-0.4, -0.2) is 32.1 Å². The molecule has 1 aromatic heterocycles. The number of anilines is 1. The van der Waals surface area contributed by atoms with Crippen LogP contribution in [0.4, 0.5) is 9.39 Å². The van der Waals surface area contributed by atoms with Gasteiger partial charge < -0.3 is 14.8 Å². The van der Waals surface area contributed by atoms with Crippen LogP contribution in [0.1, 0.15) is 31.2 Å². The van der Waals surface area contributed by atoms with E-state index in [1.807, 2.05) is 0 Å². The van der Waals surface area contributed by atoms with Crippen LogP contribution in [-0.2, 0) is 14.3 Å². The minimum Gasteiger partial charge on any atom is -0.465 e. The zero-order valence-electron chi connectivity index (χ0n) is 14.3. The Bertz CT molecular complexity index is 888. The van der Waals surface area contributed by atoms with Gasteiger partial charge in [0.2, 0.25) is 5.91 Å². The third-order valence-corrected chi connectivity index (χ3v) is 4.61. The molecule has 1 heterocycles. The van der Waals surface area contributed by atoms with E-state index >= 15 is 0 Å². The summed E-state index contributed by atoms with van der Waals surface area (Å²) in [5.74, 6) is -2.26. The highest BCUT2D eigenvalue weighted by atomic mass is 32.1. The first-order valence-corrected chi connectivity index (χ1v) is 8.23. The van der Waals surface area contributed by atoms with Crippen molar-refractivity contribution in [1.29, 1.82) is 0 Å². The lowest BCUT2D eigenvalue weighted by atomic mass is 10.1. The molecule has 0 unspecified atom stereocenters. The average Bonchev–Trinajstić information content (AvgIpc) is 2.94. The Balaban J connectivity index is 2.28. The van der Waals surface area contributed by atoms with Crippen molar-refractivity contribution in [3.8, 4) is 0 Å².